The van der Waals surface area contributed by atoms with Crippen molar-refractivity contribution in [2.75, 3.05) is 31.1 Å². The number of pyridine rings is 1. The number of imide groups is 1. The molecule has 2 aliphatic rings. The van der Waals surface area contributed by atoms with Crippen LogP contribution in [0, 0.1) is 0 Å². The molecule has 0 unspecified atom stereocenters. The van der Waals surface area contributed by atoms with Gasteiger partial charge in [0.1, 0.15) is 5.82 Å². The van der Waals surface area contributed by atoms with Crippen LogP contribution >= 0.6 is 0 Å². The fraction of sp³-hybridized carbons (Fsp3) is 0.533. The van der Waals surface area contributed by atoms with Gasteiger partial charge in [0.05, 0.1) is 5.92 Å². The van der Waals surface area contributed by atoms with E-state index in [0.29, 0.717) is 12.8 Å². The van der Waals surface area contributed by atoms with Crippen molar-refractivity contribution in [2.24, 2.45) is 0 Å². The van der Waals surface area contributed by atoms with Gasteiger partial charge in [-0.3, -0.25) is 14.9 Å². The lowest BCUT2D eigenvalue weighted by Gasteiger charge is -2.23. The minimum absolute atomic E-state index is 0.183. The molecule has 2 aliphatic heterocycles. The zero-order valence-corrected chi connectivity index (χ0v) is 12.0. The molecular weight excluding hydrogens is 268 g/mol. The molecule has 3 heterocycles. The number of aromatic nitrogens is 1. The Bertz CT molecular complexity index is 521. The molecule has 3 rings (SSSR count). The van der Waals surface area contributed by atoms with Crippen LogP contribution in [0.15, 0.2) is 18.3 Å². The first kappa shape index (κ1) is 14.0. The van der Waals surface area contributed by atoms with Gasteiger partial charge in [-0.1, -0.05) is 6.07 Å². The molecule has 0 radical (unpaired) electrons. The Kier molecular flexibility index (Phi) is 4.15. The van der Waals surface area contributed by atoms with Gasteiger partial charge < -0.3 is 10.2 Å². The molecule has 1 atom stereocenters. The van der Waals surface area contributed by atoms with Crippen molar-refractivity contribution >= 4 is 17.6 Å². The Labute approximate surface area is 123 Å². The van der Waals surface area contributed by atoms with Crippen LogP contribution in [0.2, 0.25) is 0 Å². The molecule has 2 fully saturated rings. The van der Waals surface area contributed by atoms with Gasteiger partial charge in [0, 0.05) is 32.3 Å². The number of amides is 2. The molecule has 6 nitrogen and oxygen atoms in total. The first-order valence-electron chi connectivity index (χ1n) is 7.49. The summed E-state index contributed by atoms with van der Waals surface area (Å²) in [4.78, 5) is 29.8. The summed E-state index contributed by atoms with van der Waals surface area (Å²) in [7, 11) is 0. The predicted octanol–water partition coefficient (Wildman–Crippen LogP) is 0.401. The molecule has 0 aliphatic carbocycles. The molecule has 0 bridgehead atoms. The summed E-state index contributed by atoms with van der Waals surface area (Å²) in [5.74, 6) is 0.308. The monoisotopic (exact) mass is 288 g/mol. The Morgan fingerprint density at radius 2 is 2.10 bits per heavy atom. The van der Waals surface area contributed by atoms with E-state index in [1.54, 1.807) is 6.20 Å². The van der Waals surface area contributed by atoms with Crippen molar-refractivity contribution in [3.63, 3.8) is 0 Å². The standard InChI is InChI=1S/C15H20N4O2/c20-14-5-3-12(15(21)18-14)11-2-4-13(17-10-11)19-8-1-6-16-7-9-19/h2,4,10,12,16H,1,3,5-9H2,(H,18,20,21)/t12-/m1/s1. The van der Waals surface area contributed by atoms with Crippen molar-refractivity contribution in [1.82, 2.24) is 15.6 Å². The number of carbonyl (C=O) groups excluding carboxylic acids is 2. The Morgan fingerprint density at radius 1 is 1.19 bits per heavy atom. The second-order valence-corrected chi connectivity index (χ2v) is 5.54. The number of piperidine rings is 1. The molecule has 2 saturated heterocycles. The van der Waals surface area contributed by atoms with E-state index >= 15 is 0 Å². The average Bonchev–Trinajstić information content (AvgIpc) is 2.77. The number of rotatable bonds is 2. The number of nitrogens with one attached hydrogen (secondary N) is 2. The van der Waals surface area contributed by atoms with Gasteiger partial charge in [-0.2, -0.15) is 0 Å². The maximum Gasteiger partial charge on any atom is 0.234 e. The third-order valence-corrected chi connectivity index (χ3v) is 4.08. The third-order valence-electron chi connectivity index (χ3n) is 4.08. The van der Waals surface area contributed by atoms with Crippen LogP contribution in [0.4, 0.5) is 5.82 Å². The normalized spacial score (nSPS) is 23.6. The number of hydrogen-bond acceptors (Lipinski definition) is 5. The van der Waals surface area contributed by atoms with Crippen molar-refractivity contribution in [1.29, 1.82) is 0 Å². The number of anilines is 1. The Morgan fingerprint density at radius 3 is 2.86 bits per heavy atom. The molecule has 2 amide bonds. The number of carbonyl (C=O) groups is 2. The quantitative estimate of drug-likeness (QED) is 0.771. The predicted molar refractivity (Wildman–Crippen MR) is 79.1 cm³/mol. The lowest BCUT2D eigenvalue weighted by atomic mass is 9.92. The van der Waals surface area contributed by atoms with E-state index in [9.17, 15) is 9.59 Å². The highest BCUT2D eigenvalue weighted by Gasteiger charge is 2.28. The lowest BCUT2D eigenvalue weighted by Crippen LogP contribution is -2.39. The first-order chi connectivity index (χ1) is 10.2. The van der Waals surface area contributed by atoms with Crippen LogP contribution in [0.1, 0.15) is 30.7 Å². The minimum Gasteiger partial charge on any atom is -0.355 e. The Balaban J connectivity index is 1.71. The van der Waals surface area contributed by atoms with Crippen molar-refractivity contribution in [3.05, 3.63) is 23.9 Å². The second kappa shape index (κ2) is 6.22. The zero-order valence-electron chi connectivity index (χ0n) is 12.0. The molecule has 2 N–H and O–H groups in total. The number of hydrogen-bond donors (Lipinski definition) is 2. The summed E-state index contributed by atoms with van der Waals surface area (Å²) in [6.07, 6.45) is 3.85. The fourth-order valence-corrected chi connectivity index (χ4v) is 2.88. The van der Waals surface area contributed by atoms with Crippen LogP contribution < -0.4 is 15.5 Å². The van der Waals surface area contributed by atoms with E-state index in [-0.39, 0.29) is 17.7 Å². The SMILES string of the molecule is O=C1CC[C@H](c2ccc(N3CCCNCC3)nc2)C(=O)N1. The molecule has 0 saturated carbocycles. The van der Waals surface area contributed by atoms with Gasteiger partial charge in [0.15, 0.2) is 0 Å². The molecule has 0 spiro atoms. The fourth-order valence-electron chi connectivity index (χ4n) is 2.88. The van der Waals surface area contributed by atoms with Crippen molar-refractivity contribution < 1.29 is 9.59 Å². The topological polar surface area (TPSA) is 74.3 Å². The summed E-state index contributed by atoms with van der Waals surface area (Å²) in [5, 5.41) is 5.76. The van der Waals surface area contributed by atoms with Crippen LogP contribution in [-0.4, -0.2) is 43.0 Å². The molecule has 6 heteroatoms. The van der Waals surface area contributed by atoms with Gasteiger partial charge in [-0.05, 0) is 31.0 Å². The second-order valence-electron chi connectivity index (χ2n) is 5.54. The van der Waals surface area contributed by atoms with Gasteiger partial charge in [-0.25, -0.2) is 4.98 Å². The highest BCUT2D eigenvalue weighted by Crippen LogP contribution is 2.25. The van der Waals surface area contributed by atoms with E-state index in [2.05, 4.69) is 20.5 Å². The van der Waals surface area contributed by atoms with Crippen LogP contribution in [0.25, 0.3) is 0 Å². The number of nitrogens with zero attached hydrogens (tertiary/aromatic N) is 2. The summed E-state index contributed by atoms with van der Waals surface area (Å²) in [6.45, 7) is 3.96. The van der Waals surface area contributed by atoms with Gasteiger partial charge in [-0.15, -0.1) is 0 Å². The maximum atomic E-state index is 11.9. The first-order valence-corrected chi connectivity index (χ1v) is 7.49. The zero-order chi connectivity index (χ0) is 14.7. The van der Waals surface area contributed by atoms with Gasteiger partial charge in [0.25, 0.3) is 0 Å². The van der Waals surface area contributed by atoms with Crippen molar-refractivity contribution in [2.45, 2.75) is 25.2 Å². The molecule has 1 aromatic heterocycles. The van der Waals surface area contributed by atoms with Crippen LogP contribution in [0.5, 0.6) is 0 Å². The molecular formula is C15H20N4O2. The van der Waals surface area contributed by atoms with Gasteiger partial charge >= 0.3 is 0 Å². The van der Waals surface area contributed by atoms with Crippen LogP contribution in [0.3, 0.4) is 0 Å². The third kappa shape index (κ3) is 3.21. The average molecular weight is 288 g/mol. The highest BCUT2D eigenvalue weighted by molar-refractivity contribution is 6.00. The summed E-state index contributed by atoms with van der Waals surface area (Å²) >= 11 is 0. The van der Waals surface area contributed by atoms with E-state index < -0.39 is 0 Å². The van der Waals surface area contributed by atoms with E-state index in [1.807, 2.05) is 12.1 Å². The van der Waals surface area contributed by atoms with E-state index in [1.165, 1.54) is 0 Å². The lowest BCUT2D eigenvalue weighted by molar-refractivity contribution is -0.134. The maximum absolute atomic E-state index is 11.9. The van der Waals surface area contributed by atoms with Gasteiger partial charge in [0.2, 0.25) is 11.8 Å². The molecule has 0 aromatic carbocycles. The summed E-state index contributed by atoms with van der Waals surface area (Å²) in [5.41, 5.74) is 0.886. The van der Waals surface area contributed by atoms with E-state index in [0.717, 1.165) is 44.0 Å². The largest absolute Gasteiger partial charge is 0.355 e. The molecule has 1 aromatic rings. The smallest absolute Gasteiger partial charge is 0.234 e. The molecule has 21 heavy (non-hydrogen) atoms. The van der Waals surface area contributed by atoms with Crippen LogP contribution in [-0.2, 0) is 9.59 Å². The minimum atomic E-state index is -0.255. The Hall–Kier alpha value is -1.95. The molecule has 112 valence electrons. The summed E-state index contributed by atoms with van der Waals surface area (Å²) in [6, 6.07) is 3.94. The van der Waals surface area contributed by atoms with E-state index in [4.69, 9.17) is 0 Å². The summed E-state index contributed by atoms with van der Waals surface area (Å²) < 4.78 is 0. The van der Waals surface area contributed by atoms with Crippen molar-refractivity contribution in [3.8, 4) is 0 Å². The highest BCUT2D eigenvalue weighted by atomic mass is 16.2.